The Bertz CT molecular complexity index is 778. The molecule has 2 aromatic carbocycles. The van der Waals surface area contributed by atoms with Crippen molar-refractivity contribution in [2.45, 2.75) is 23.5 Å². The van der Waals surface area contributed by atoms with Gasteiger partial charge in [-0.1, -0.05) is 24.0 Å². The molecule has 7 heteroatoms. The predicted octanol–water partition coefficient (Wildman–Crippen LogP) is 3.23. The fourth-order valence-electron chi connectivity index (χ4n) is 3.10. The van der Waals surface area contributed by atoms with Crippen molar-refractivity contribution in [3.05, 3.63) is 65.2 Å². The molecule has 0 atom stereocenters. The Kier molecular flexibility index (Phi) is 8.80. The van der Waals surface area contributed by atoms with E-state index in [1.165, 1.54) is 5.56 Å². The molecule has 3 rings (SSSR count). The van der Waals surface area contributed by atoms with Crippen LogP contribution in [0.5, 0.6) is 0 Å². The topological polar surface area (TPSA) is 46.9 Å². The minimum Gasteiger partial charge on any atom is -0.800 e. The summed E-state index contributed by atoms with van der Waals surface area (Å²) in [6.45, 7) is 1.94. The molecule has 1 radical (unpaired) electrons. The van der Waals surface area contributed by atoms with Crippen molar-refractivity contribution in [3.63, 3.8) is 0 Å². The molecule has 0 bridgehead atoms. The van der Waals surface area contributed by atoms with E-state index in [1.54, 1.807) is 24.3 Å². The van der Waals surface area contributed by atoms with Crippen LogP contribution >= 0.6 is 0 Å². The van der Waals surface area contributed by atoms with Gasteiger partial charge in [0.15, 0.2) is 0 Å². The second-order valence-corrected chi connectivity index (χ2v) is 7.52. The van der Waals surface area contributed by atoms with Gasteiger partial charge in [0.05, 0.1) is 5.69 Å². The predicted molar refractivity (Wildman–Crippen MR) is 107 cm³/mol. The standard InChI is InChI=1S/C20H22N2O2S2.Au/c23-22(24)19-9-5-16(6-10-19)2-1-15-3-7-17(8-4-15)18-11-13-21(14-12-18)20(25)26;/h3-10,18,20,23-26H,11-14H2;/p-2. The molecule has 0 amide bonds. The molecular formula is C20H20AuN2O2S2-2. The molecule has 4 nitrogen and oxygen atoms in total. The Balaban J connectivity index is 0.00000261. The van der Waals surface area contributed by atoms with E-state index in [4.69, 9.17) is 35.7 Å². The van der Waals surface area contributed by atoms with Gasteiger partial charge in [-0.2, -0.15) is 0 Å². The van der Waals surface area contributed by atoms with Crippen LogP contribution in [-0.4, -0.2) is 33.1 Å². The normalized spacial score (nSPS) is 15.0. The summed E-state index contributed by atoms with van der Waals surface area (Å²) >= 11 is 10.3. The first kappa shape index (κ1) is 22.4. The van der Waals surface area contributed by atoms with Crippen LogP contribution in [0, 0.1) is 11.8 Å². The van der Waals surface area contributed by atoms with Gasteiger partial charge in [-0.3, -0.25) is 10.4 Å². The first-order chi connectivity index (χ1) is 12.5. The van der Waals surface area contributed by atoms with Crippen LogP contribution in [0.2, 0.25) is 0 Å². The van der Waals surface area contributed by atoms with Gasteiger partial charge in [0.2, 0.25) is 0 Å². The first-order valence-electron chi connectivity index (χ1n) is 8.48. The molecule has 0 spiro atoms. The molecule has 1 saturated heterocycles. The maximum Gasteiger partial charge on any atom is 0.0943 e. The monoisotopic (exact) mass is 581 g/mol. The van der Waals surface area contributed by atoms with Crippen molar-refractivity contribution in [3.8, 4) is 11.8 Å². The van der Waals surface area contributed by atoms with Crippen LogP contribution in [0.25, 0.3) is 0 Å². The fraction of sp³-hybridized carbons (Fsp3) is 0.300. The van der Waals surface area contributed by atoms with E-state index < -0.39 is 0 Å². The van der Waals surface area contributed by atoms with Gasteiger partial charge in [-0.15, -0.1) is 5.23 Å². The summed E-state index contributed by atoms with van der Waals surface area (Å²) in [6, 6.07) is 15.1. The molecule has 2 aromatic rings. The van der Waals surface area contributed by atoms with Crippen molar-refractivity contribution < 1.29 is 32.8 Å². The third kappa shape index (κ3) is 6.31. The molecule has 1 fully saturated rings. The second-order valence-electron chi connectivity index (χ2n) is 6.33. The molecule has 0 unspecified atom stereocenters. The molecule has 2 N–H and O–H groups in total. The number of piperidine rings is 1. The Morgan fingerprint density at radius 1 is 0.889 bits per heavy atom. The Morgan fingerprint density at radius 2 is 1.37 bits per heavy atom. The number of hydrogen-bond donors (Lipinski definition) is 2. The Hall–Kier alpha value is -0.880. The Morgan fingerprint density at radius 3 is 1.81 bits per heavy atom. The van der Waals surface area contributed by atoms with Gasteiger partial charge in [0.25, 0.3) is 0 Å². The van der Waals surface area contributed by atoms with E-state index in [1.807, 2.05) is 0 Å². The molecule has 1 aliphatic rings. The number of hydrogen-bond acceptors (Lipinski definition) is 6. The van der Waals surface area contributed by atoms with Gasteiger partial charge in [0.1, 0.15) is 0 Å². The van der Waals surface area contributed by atoms with Crippen molar-refractivity contribution >= 4 is 30.9 Å². The van der Waals surface area contributed by atoms with Crippen LogP contribution in [0.15, 0.2) is 48.5 Å². The number of nitrogens with zero attached hydrogens (tertiary/aromatic N) is 2. The molecule has 147 valence electrons. The average Bonchev–Trinajstić information content (AvgIpc) is 2.67. The molecule has 0 saturated carbocycles. The van der Waals surface area contributed by atoms with Crippen LogP contribution in [-0.2, 0) is 47.6 Å². The fourth-order valence-corrected chi connectivity index (χ4v) is 3.53. The minimum absolute atomic E-state index is 0. The van der Waals surface area contributed by atoms with Crippen molar-refractivity contribution in [2.24, 2.45) is 0 Å². The van der Waals surface area contributed by atoms with E-state index in [-0.39, 0.29) is 32.3 Å². The summed E-state index contributed by atoms with van der Waals surface area (Å²) in [5.41, 5.74) is 3.41. The number of likely N-dealkylation sites (tertiary alicyclic amines) is 1. The van der Waals surface area contributed by atoms with Gasteiger partial charge in [-0.25, -0.2) is 4.71 Å². The SMILES string of the molecule is ON(O)c1ccc(C#Cc2ccc(C3CCN(C([S-])[S-])CC3)cc2)cc1.[Au]. The summed E-state index contributed by atoms with van der Waals surface area (Å²) < 4.78 is -0.194. The van der Waals surface area contributed by atoms with Gasteiger partial charge in [-0.05, 0) is 73.8 Å². The molecule has 27 heavy (non-hydrogen) atoms. The molecular weight excluding hydrogens is 561 g/mol. The number of benzene rings is 2. The van der Waals surface area contributed by atoms with Crippen molar-refractivity contribution in [2.75, 3.05) is 18.3 Å². The summed E-state index contributed by atoms with van der Waals surface area (Å²) in [6.07, 6.45) is 2.18. The van der Waals surface area contributed by atoms with E-state index >= 15 is 0 Å². The molecule has 0 aromatic heterocycles. The Labute approximate surface area is 186 Å². The average molecular weight is 581 g/mol. The van der Waals surface area contributed by atoms with E-state index in [0.29, 0.717) is 11.6 Å². The van der Waals surface area contributed by atoms with Gasteiger partial charge in [0, 0.05) is 33.5 Å². The molecule has 0 aliphatic carbocycles. The smallest absolute Gasteiger partial charge is 0.0943 e. The summed E-state index contributed by atoms with van der Waals surface area (Å²) in [5.74, 6) is 6.78. The quantitative estimate of drug-likeness (QED) is 0.252. The number of rotatable bonds is 3. The minimum atomic E-state index is -0.194. The second kappa shape index (κ2) is 10.6. The third-order valence-electron chi connectivity index (χ3n) is 4.66. The largest absolute Gasteiger partial charge is 0.800 e. The maximum atomic E-state index is 8.94. The third-order valence-corrected chi connectivity index (χ3v) is 5.26. The zero-order chi connectivity index (χ0) is 18.5. The van der Waals surface area contributed by atoms with Gasteiger partial charge < -0.3 is 30.2 Å². The maximum absolute atomic E-state index is 8.94. The number of anilines is 1. The first-order valence-corrected chi connectivity index (χ1v) is 9.43. The summed E-state index contributed by atoms with van der Waals surface area (Å²) in [7, 11) is 0. The van der Waals surface area contributed by atoms with Crippen molar-refractivity contribution in [1.29, 1.82) is 0 Å². The van der Waals surface area contributed by atoms with Crippen molar-refractivity contribution in [1.82, 2.24) is 4.90 Å². The zero-order valence-electron chi connectivity index (χ0n) is 14.5. The zero-order valence-corrected chi connectivity index (χ0v) is 18.3. The van der Waals surface area contributed by atoms with E-state index in [9.17, 15) is 0 Å². The van der Waals surface area contributed by atoms with Crippen LogP contribution < -0.4 is 5.23 Å². The molecule has 1 aliphatic heterocycles. The summed E-state index contributed by atoms with van der Waals surface area (Å²) in [4.78, 5) is 2.18. The van der Waals surface area contributed by atoms with Gasteiger partial charge >= 0.3 is 0 Å². The van der Waals surface area contributed by atoms with Crippen LogP contribution in [0.1, 0.15) is 35.4 Å². The van der Waals surface area contributed by atoms with E-state index in [0.717, 1.165) is 37.1 Å². The van der Waals surface area contributed by atoms with E-state index in [2.05, 4.69) is 41.0 Å². The van der Waals surface area contributed by atoms with Crippen LogP contribution in [0.3, 0.4) is 0 Å². The molecule has 1 heterocycles. The summed E-state index contributed by atoms with van der Waals surface area (Å²) in [5, 5.41) is 18.0. The van der Waals surface area contributed by atoms with Crippen LogP contribution in [0.4, 0.5) is 5.69 Å².